The van der Waals surface area contributed by atoms with Crippen molar-refractivity contribution in [3.05, 3.63) is 34.0 Å². The molecule has 138 valence electrons. The first-order chi connectivity index (χ1) is 12.7. The van der Waals surface area contributed by atoms with Gasteiger partial charge in [0.05, 0.1) is 18.1 Å². The van der Waals surface area contributed by atoms with Crippen molar-refractivity contribution in [3.8, 4) is 0 Å². The number of aryl methyl sites for hydroxylation is 1. The Hall–Kier alpha value is -2.19. The van der Waals surface area contributed by atoms with Crippen molar-refractivity contribution in [1.29, 1.82) is 0 Å². The lowest BCUT2D eigenvalue weighted by Crippen LogP contribution is -2.49. The van der Waals surface area contributed by atoms with Crippen LogP contribution in [0.4, 0.5) is 11.6 Å². The summed E-state index contributed by atoms with van der Waals surface area (Å²) >= 11 is 1.52. The van der Waals surface area contributed by atoms with Crippen molar-refractivity contribution in [2.45, 2.75) is 6.92 Å². The molecule has 2 saturated heterocycles. The molecule has 2 aliphatic rings. The summed E-state index contributed by atoms with van der Waals surface area (Å²) in [6.45, 7) is 8.19. The van der Waals surface area contributed by atoms with E-state index < -0.39 is 0 Å². The van der Waals surface area contributed by atoms with Gasteiger partial charge in [-0.25, -0.2) is 0 Å². The van der Waals surface area contributed by atoms with Gasteiger partial charge in [-0.15, -0.1) is 21.5 Å². The minimum absolute atomic E-state index is 0.136. The second kappa shape index (κ2) is 7.59. The number of piperazine rings is 1. The second-order valence-electron chi connectivity index (χ2n) is 6.62. The van der Waals surface area contributed by atoms with Gasteiger partial charge in [0.15, 0.2) is 11.6 Å². The molecule has 2 aromatic rings. The predicted molar refractivity (Wildman–Crippen MR) is 102 cm³/mol. The van der Waals surface area contributed by atoms with Crippen LogP contribution < -0.4 is 9.80 Å². The molecule has 0 radical (unpaired) electrons. The monoisotopic (exact) mass is 373 g/mol. The number of carbonyl (C=O) groups excluding carboxylic acids is 1. The summed E-state index contributed by atoms with van der Waals surface area (Å²) in [6.07, 6.45) is 0. The molecule has 0 saturated carbocycles. The molecular weight excluding hydrogens is 350 g/mol. The molecule has 0 unspecified atom stereocenters. The third-order valence-electron chi connectivity index (χ3n) is 4.80. The largest absolute Gasteiger partial charge is 0.378 e. The number of hydrogen-bond acceptors (Lipinski definition) is 7. The Labute approximate surface area is 157 Å². The van der Waals surface area contributed by atoms with E-state index in [1.807, 2.05) is 35.4 Å². The highest BCUT2D eigenvalue weighted by Gasteiger charge is 2.24. The number of aromatic nitrogens is 2. The molecule has 0 spiro atoms. The van der Waals surface area contributed by atoms with Gasteiger partial charge < -0.3 is 19.4 Å². The van der Waals surface area contributed by atoms with Crippen LogP contribution in [-0.4, -0.2) is 73.5 Å². The number of anilines is 2. The molecule has 0 aliphatic carbocycles. The normalized spacial score (nSPS) is 18.3. The van der Waals surface area contributed by atoms with Crippen molar-refractivity contribution >= 4 is 28.9 Å². The van der Waals surface area contributed by atoms with E-state index in [-0.39, 0.29) is 5.91 Å². The Morgan fingerprint density at radius 3 is 2.15 bits per heavy atom. The minimum atomic E-state index is 0.136. The maximum Gasteiger partial charge on any atom is 0.264 e. The highest BCUT2D eigenvalue weighted by atomic mass is 32.1. The molecule has 26 heavy (non-hydrogen) atoms. The zero-order chi connectivity index (χ0) is 17.9. The number of hydrogen-bond donors (Lipinski definition) is 0. The lowest BCUT2D eigenvalue weighted by molar-refractivity contribution is 0.0751. The van der Waals surface area contributed by atoms with E-state index in [0.717, 1.165) is 61.5 Å². The average Bonchev–Trinajstić information content (AvgIpc) is 3.15. The quantitative estimate of drug-likeness (QED) is 0.815. The summed E-state index contributed by atoms with van der Waals surface area (Å²) in [7, 11) is 0. The van der Waals surface area contributed by atoms with Gasteiger partial charge in [0.2, 0.25) is 0 Å². The van der Waals surface area contributed by atoms with Gasteiger partial charge >= 0.3 is 0 Å². The predicted octanol–water partition coefficient (Wildman–Crippen LogP) is 1.65. The van der Waals surface area contributed by atoms with Crippen molar-refractivity contribution in [1.82, 2.24) is 15.1 Å². The van der Waals surface area contributed by atoms with Crippen LogP contribution in [0.2, 0.25) is 0 Å². The Morgan fingerprint density at radius 1 is 1.00 bits per heavy atom. The standard InChI is InChI=1S/C18H23N5O2S/c1-14-12-15(26-13-14)18(24)23-6-4-21(5-7-23)16-2-3-17(20-19-16)22-8-10-25-11-9-22/h2-3,12-13H,4-11H2,1H3. The Balaban J connectivity index is 1.35. The maximum absolute atomic E-state index is 12.6. The zero-order valence-electron chi connectivity index (χ0n) is 14.9. The summed E-state index contributed by atoms with van der Waals surface area (Å²) in [5.41, 5.74) is 1.15. The third-order valence-corrected chi connectivity index (χ3v) is 5.84. The molecule has 2 aromatic heterocycles. The van der Waals surface area contributed by atoms with Gasteiger partial charge in [0.25, 0.3) is 5.91 Å². The zero-order valence-corrected chi connectivity index (χ0v) is 15.7. The van der Waals surface area contributed by atoms with Gasteiger partial charge in [-0.05, 0) is 36.1 Å². The number of carbonyl (C=O) groups is 1. The number of thiophene rings is 1. The molecule has 0 bridgehead atoms. The van der Waals surface area contributed by atoms with Crippen LogP contribution in [0, 0.1) is 6.92 Å². The van der Waals surface area contributed by atoms with E-state index in [1.165, 1.54) is 11.3 Å². The van der Waals surface area contributed by atoms with Crippen molar-refractivity contribution in [3.63, 3.8) is 0 Å². The Kier molecular flexibility index (Phi) is 5.03. The maximum atomic E-state index is 12.6. The van der Waals surface area contributed by atoms with Crippen LogP contribution in [-0.2, 0) is 4.74 Å². The molecule has 4 heterocycles. The molecule has 2 fully saturated rings. The van der Waals surface area contributed by atoms with Gasteiger partial charge in [-0.3, -0.25) is 4.79 Å². The van der Waals surface area contributed by atoms with Crippen LogP contribution in [0.15, 0.2) is 23.6 Å². The third kappa shape index (κ3) is 3.66. The fourth-order valence-electron chi connectivity index (χ4n) is 3.29. The van der Waals surface area contributed by atoms with Gasteiger partial charge in [0.1, 0.15) is 0 Å². The van der Waals surface area contributed by atoms with Crippen LogP contribution in [0.1, 0.15) is 15.2 Å². The highest BCUT2D eigenvalue weighted by molar-refractivity contribution is 7.12. The van der Waals surface area contributed by atoms with Crippen LogP contribution in [0.3, 0.4) is 0 Å². The fourth-order valence-corrected chi connectivity index (χ4v) is 4.15. The Morgan fingerprint density at radius 2 is 1.62 bits per heavy atom. The molecular formula is C18H23N5O2S. The fraction of sp³-hybridized carbons (Fsp3) is 0.500. The van der Waals surface area contributed by atoms with Gasteiger partial charge in [0, 0.05) is 39.3 Å². The molecule has 2 aliphatic heterocycles. The van der Waals surface area contributed by atoms with E-state index in [2.05, 4.69) is 20.0 Å². The summed E-state index contributed by atoms with van der Waals surface area (Å²) in [6, 6.07) is 6.02. The molecule has 0 atom stereocenters. The minimum Gasteiger partial charge on any atom is -0.378 e. The number of morpholine rings is 1. The summed E-state index contributed by atoms with van der Waals surface area (Å²) < 4.78 is 5.37. The number of nitrogens with zero attached hydrogens (tertiary/aromatic N) is 5. The molecule has 4 rings (SSSR count). The molecule has 0 N–H and O–H groups in total. The SMILES string of the molecule is Cc1csc(C(=O)N2CCN(c3ccc(N4CCOCC4)nn3)CC2)c1. The molecule has 7 nitrogen and oxygen atoms in total. The van der Waals surface area contributed by atoms with E-state index in [0.29, 0.717) is 13.1 Å². The number of ether oxygens (including phenoxy) is 1. The van der Waals surface area contributed by atoms with Crippen molar-refractivity contribution in [2.75, 3.05) is 62.3 Å². The molecule has 1 amide bonds. The first-order valence-corrected chi connectivity index (χ1v) is 9.84. The van der Waals surface area contributed by atoms with Crippen LogP contribution in [0.5, 0.6) is 0 Å². The van der Waals surface area contributed by atoms with E-state index in [4.69, 9.17) is 4.74 Å². The molecule has 0 aromatic carbocycles. The number of rotatable bonds is 3. The van der Waals surface area contributed by atoms with E-state index >= 15 is 0 Å². The van der Waals surface area contributed by atoms with E-state index in [1.54, 1.807) is 0 Å². The average molecular weight is 373 g/mol. The smallest absolute Gasteiger partial charge is 0.264 e. The van der Waals surface area contributed by atoms with E-state index in [9.17, 15) is 4.79 Å². The van der Waals surface area contributed by atoms with Crippen LogP contribution >= 0.6 is 11.3 Å². The Bertz CT molecular complexity index is 749. The van der Waals surface area contributed by atoms with Crippen LogP contribution in [0.25, 0.3) is 0 Å². The van der Waals surface area contributed by atoms with Crippen molar-refractivity contribution in [2.24, 2.45) is 0 Å². The summed E-state index contributed by atoms with van der Waals surface area (Å²) in [4.78, 5) is 19.7. The van der Waals surface area contributed by atoms with Gasteiger partial charge in [-0.1, -0.05) is 0 Å². The first-order valence-electron chi connectivity index (χ1n) is 8.96. The highest BCUT2D eigenvalue weighted by Crippen LogP contribution is 2.20. The second-order valence-corrected chi connectivity index (χ2v) is 7.53. The summed E-state index contributed by atoms with van der Waals surface area (Å²) in [5.74, 6) is 1.91. The first kappa shape index (κ1) is 17.2. The lowest BCUT2D eigenvalue weighted by atomic mass is 10.2. The lowest BCUT2D eigenvalue weighted by Gasteiger charge is -2.35. The number of amides is 1. The van der Waals surface area contributed by atoms with Gasteiger partial charge in [-0.2, -0.15) is 0 Å². The van der Waals surface area contributed by atoms with Crippen molar-refractivity contribution < 1.29 is 9.53 Å². The topological polar surface area (TPSA) is 61.8 Å². The summed E-state index contributed by atoms with van der Waals surface area (Å²) in [5, 5.41) is 10.8. The molecule has 8 heteroatoms.